The summed E-state index contributed by atoms with van der Waals surface area (Å²) in [5, 5.41) is 3.39. The van der Waals surface area contributed by atoms with Gasteiger partial charge in [0, 0.05) is 18.6 Å². The number of nitrogens with one attached hydrogen (secondary N) is 2. The van der Waals surface area contributed by atoms with E-state index < -0.39 is 0 Å². The molecular formula is C14H21N3O2. The molecule has 3 rings (SSSR count). The number of rotatable bonds is 4. The van der Waals surface area contributed by atoms with Gasteiger partial charge in [-0.25, -0.2) is 4.98 Å². The van der Waals surface area contributed by atoms with Crippen LogP contribution in [0.25, 0.3) is 0 Å². The Hall–Kier alpha value is -1.36. The summed E-state index contributed by atoms with van der Waals surface area (Å²) in [6.07, 6.45) is 3.82. The topological polar surface area (TPSA) is 67.0 Å². The normalized spacial score (nSPS) is 26.9. The number of aromatic nitrogens is 2. The molecule has 1 aliphatic carbocycles. The molecule has 2 aliphatic rings. The fourth-order valence-corrected chi connectivity index (χ4v) is 2.67. The van der Waals surface area contributed by atoms with Crippen molar-refractivity contribution in [2.75, 3.05) is 11.9 Å². The number of aromatic amines is 1. The van der Waals surface area contributed by atoms with Gasteiger partial charge in [-0.15, -0.1) is 0 Å². The molecule has 5 heteroatoms. The maximum absolute atomic E-state index is 11.7. The summed E-state index contributed by atoms with van der Waals surface area (Å²) in [5.41, 5.74) is -0.0944. The third kappa shape index (κ3) is 2.81. The zero-order valence-corrected chi connectivity index (χ0v) is 11.5. The van der Waals surface area contributed by atoms with E-state index in [1.807, 2.05) is 13.8 Å². The second kappa shape index (κ2) is 4.96. The Morgan fingerprint density at radius 2 is 2.21 bits per heavy atom. The second-order valence-corrected chi connectivity index (χ2v) is 5.88. The summed E-state index contributed by atoms with van der Waals surface area (Å²) in [6.45, 7) is 4.85. The lowest BCUT2D eigenvalue weighted by Crippen LogP contribution is -2.32. The Kier molecular flexibility index (Phi) is 3.31. The average molecular weight is 263 g/mol. The largest absolute Gasteiger partial charge is 0.376 e. The van der Waals surface area contributed by atoms with Crippen LogP contribution < -0.4 is 10.9 Å². The van der Waals surface area contributed by atoms with Gasteiger partial charge in [0.25, 0.3) is 5.56 Å². The van der Waals surface area contributed by atoms with Gasteiger partial charge in [-0.1, -0.05) is 13.8 Å². The van der Waals surface area contributed by atoms with Crippen molar-refractivity contribution in [1.29, 1.82) is 0 Å². The highest BCUT2D eigenvalue weighted by Crippen LogP contribution is 2.39. The molecule has 1 saturated carbocycles. The van der Waals surface area contributed by atoms with E-state index in [9.17, 15) is 4.79 Å². The van der Waals surface area contributed by atoms with E-state index >= 15 is 0 Å². The van der Waals surface area contributed by atoms with Crippen molar-refractivity contribution in [3.05, 3.63) is 22.2 Å². The first kappa shape index (κ1) is 12.7. The van der Waals surface area contributed by atoms with Gasteiger partial charge >= 0.3 is 0 Å². The van der Waals surface area contributed by atoms with E-state index in [1.165, 1.54) is 18.9 Å². The molecule has 1 saturated heterocycles. The molecule has 0 spiro atoms. The van der Waals surface area contributed by atoms with Crippen molar-refractivity contribution in [2.24, 2.45) is 5.92 Å². The van der Waals surface area contributed by atoms with Crippen LogP contribution in [-0.2, 0) is 4.74 Å². The molecule has 0 amide bonds. The van der Waals surface area contributed by atoms with Crippen LogP contribution in [0, 0.1) is 5.92 Å². The Morgan fingerprint density at radius 1 is 1.42 bits per heavy atom. The van der Waals surface area contributed by atoms with Gasteiger partial charge in [0.2, 0.25) is 0 Å². The minimum atomic E-state index is -0.0944. The van der Waals surface area contributed by atoms with Gasteiger partial charge in [0.05, 0.1) is 12.1 Å². The number of nitrogens with zero attached hydrogens (tertiary/aromatic N) is 1. The number of anilines is 1. The minimum Gasteiger partial charge on any atom is -0.376 e. The predicted molar refractivity (Wildman–Crippen MR) is 73.4 cm³/mol. The van der Waals surface area contributed by atoms with Gasteiger partial charge in [0.1, 0.15) is 11.6 Å². The van der Waals surface area contributed by atoms with Crippen molar-refractivity contribution >= 4 is 5.82 Å². The van der Waals surface area contributed by atoms with Crippen LogP contribution in [0.4, 0.5) is 5.82 Å². The lowest BCUT2D eigenvalue weighted by Gasteiger charge is -2.20. The lowest BCUT2D eigenvalue weighted by atomic mass is 10.1. The van der Waals surface area contributed by atoms with Crippen molar-refractivity contribution in [1.82, 2.24) is 9.97 Å². The summed E-state index contributed by atoms with van der Waals surface area (Å²) in [7, 11) is 0. The van der Waals surface area contributed by atoms with Crippen LogP contribution in [0.1, 0.15) is 44.9 Å². The number of ether oxygens (including phenoxy) is 1. The third-order valence-corrected chi connectivity index (χ3v) is 3.86. The van der Waals surface area contributed by atoms with Crippen LogP contribution in [0.15, 0.2) is 10.9 Å². The first-order chi connectivity index (χ1) is 9.13. The van der Waals surface area contributed by atoms with Gasteiger partial charge < -0.3 is 15.0 Å². The summed E-state index contributed by atoms with van der Waals surface area (Å²) in [6, 6.07) is 1.83. The fraction of sp³-hybridized carbons (Fsp3) is 0.714. The molecule has 2 unspecified atom stereocenters. The van der Waals surface area contributed by atoms with E-state index in [1.54, 1.807) is 0 Å². The number of H-pyrrole nitrogens is 1. The monoisotopic (exact) mass is 263 g/mol. The third-order valence-electron chi connectivity index (χ3n) is 3.86. The highest BCUT2D eigenvalue weighted by molar-refractivity contribution is 5.35. The Labute approximate surface area is 112 Å². The standard InChI is InChI=1S/C14H21N3O2/c1-8(2)14-16-11(7-12(18)17-14)15-10-5-6-19-13(10)9-3-4-9/h7-10,13H,3-6H2,1-2H3,(H2,15,16,17,18). The molecule has 2 heterocycles. The molecule has 5 nitrogen and oxygen atoms in total. The van der Waals surface area contributed by atoms with Gasteiger partial charge in [-0.05, 0) is 25.2 Å². The maximum atomic E-state index is 11.7. The maximum Gasteiger partial charge on any atom is 0.252 e. The molecule has 19 heavy (non-hydrogen) atoms. The highest BCUT2D eigenvalue weighted by Gasteiger charge is 2.40. The van der Waals surface area contributed by atoms with E-state index in [2.05, 4.69) is 15.3 Å². The van der Waals surface area contributed by atoms with Crippen molar-refractivity contribution < 1.29 is 4.74 Å². The number of hydrogen-bond acceptors (Lipinski definition) is 4. The molecular weight excluding hydrogens is 242 g/mol. The van der Waals surface area contributed by atoms with Gasteiger partial charge in [-0.3, -0.25) is 4.79 Å². The molecule has 2 fully saturated rings. The van der Waals surface area contributed by atoms with Crippen LogP contribution in [0.3, 0.4) is 0 Å². The van der Waals surface area contributed by atoms with Gasteiger partial charge in [0.15, 0.2) is 0 Å². The fourth-order valence-electron chi connectivity index (χ4n) is 2.67. The van der Waals surface area contributed by atoms with Crippen molar-refractivity contribution in [3.63, 3.8) is 0 Å². The molecule has 104 valence electrons. The Bertz CT molecular complexity index is 508. The zero-order valence-electron chi connectivity index (χ0n) is 11.5. The van der Waals surface area contributed by atoms with E-state index in [0.717, 1.165) is 18.9 Å². The summed E-state index contributed by atoms with van der Waals surface area (Å²) in [4.78, 5) is 18.9. The van der Waals surface area contributed by atoms with Crippen molar-refractivity contribution in [3.8, 4) is 0 Å². The summed E-state index contributed by atoms with van der Waals surface area (Å²) < 4.78 is 5.79. The molecule has 1 aliphatic heterocycles. The van der Waals surface area contributed by atoms with Crippen LogP contribution >= 0.6 is 0 Å². The average Bonchev–Trinajstić information content (AvgIpc) is 3.10. The quantitative estimate of drug-likeness (QED) is 0.870. The van der Waals surface area contributed by atoms with Crippen LogP contribution in [0.2, 0.25) is 0 Å². The van der Waals surface area contributed by atoms with Crippen LogP contribution in [-0.4, -0.2) is 28.7 Å². The van der Waals surface area contributed by atoms with Crippen molar-refractivity contribution in [2.45, 2.75) is 51.2 Å². The van der Waals surface area contributed by atoms with E-state index in [4.69, 9.17) is 4.74 Å². The molecule has 0 aromatic carbocycles. The Balaban J connectivity index is 1.77. The van der Waals surface area contributed by atoms with Gasteiger partial charge in [-0.2, -0.15) is 0 Å². The molecule has 2 atom stereocenters. The number of hydrogen-bond donors (Lipinski definition) is 2. The molecule has 0 radical (unpaired) electrons. The van der Waals surface area contributed by atoms with E-state index in [0.29, 0.717) is 23.9 Å². The molecule has 0 bridgehead atoms. The smallest absolute Gasteiger partial charge is 0.252 e. The van der Waals surface area contributed by atoms with E-state index in [-0.39, 0.29) is 11.5 Å². The Morgan fingerprint density at radius 3 is 2.89 bits per heavy atom. The first-order valence-electron chi connectivity index (χ1n) is 7.13. The lowest BCUT2D eigenvalue weighted by molar-refractivity contribution is 0.0898. The zero-order chi connectivity index (χ0) is 13.4. The predicted octanol–water partition coefficient (Wildman–Crippen LogP) is 1.87. The molecule has 1 aromatic heterocycles. The molecule has 1 aromatic rings. The first-order valence-corrected chi connectivity index (χ1v) is 7.13. The highest BCUT2D eigenvalue weighted by atomic mass is 16.5. The second-order valence-electron chi connectivity index (χ2n) is 5.88. The van der Waals surface area contributed by atoms with Crippen LogP contribution in [0.5, 0.6) is 0 Å². The summed E-state index contributed by atoms with van der Waals surface area (Å²) >= 11 is 0. The SMILES string of the molecule is CC(C)c1nc(NC2CCOC2C2CC2)cc(=O)[nH]1. The summed E-state index contributed by atoms with van der Waals surface area (Å²) in [5.74, 6) is 2.32. The molecule has 2 N–H and O–H groups in total. The minimum absolute atomic E-state index is 0.0944.